The first-order valence-electron chi connectivity index (χ1n) is 6.36. The van der Waals surface area contributed by atoms with Crippen molar-refractivity contribution in [3.8, 4) is 0 Å². The van der Waals surface area contributed by atoms with Crippen molar-refractivity contribution < 1.29 is 24.4 Å². The predicted molar refractivity (Wildman–Crippen MR) is 69.6 cm³/mol. The fourth-order valence-corrected chi connectivity index (χ4v) is 2.36. The third-order valence-corrected chi connectivity index (χ3v) is 3.54. The van der Waals surface area contributed by atoms with Gasteiger partial charge in [0.2, 0.25) is 5.43 Å². The Hall–Kier alpha value is -2.14. The number of aliphatic hydroxyl groups is 3. The normalized spacial score (nSPS) is 28.4. The molecule has 1 fully saturated rings. The van der Waals surface area contributed by atoms with Gasteiger partial charge in [0, 0.05) is 12.4 Å². The van der Waals surface area contributed by atoms with E-state index < -0.39 is 48.1 Å². The highest BCUT2D eigenvalue weighted by molar-refractivity contribution is 5.72. The van der Waals surface area contributed by atoms with Crippen LogP contribution in [0.2, 0.25) is 0 Å². The molecule has 0 saturated carbocycles. The topological polar surface area (TPSA) is 138 Å². The second kappa shape index (κ2) is 5.25. The highest BCUT2D eigenvalue weighted by Crippen LogP contribution is 2.28. The lowest BCUT2D eigenvalue weighted by atomic mass is 10.1. The van der Waals surface area contributed by atoms with Gasteiger partial charge in [0.25, 0.3) is 0 Å². The molecule has 1 saturated heterocycles. The molecule has 2 aromatic heterocycles. The number of aliphatic hydroxyl groups excluding tert-OH is 3. The molecule has 2 unspecified atom stereocenters. The summed E-state index contributed by atoms with van der Waals surface area (Å²) >= 11 is 0. The van der Waals surface area contributed by atoms with Crippen molar-refractivity contribution in [2.45, 2.75) is 24.5 Å². The minimum Gasteiger partial charge on any atom is -0.394 e. The van der Waals surface area contributed by atoms with Gasteiger partial charge in [-0.3, -0.25) is 9.36 Å². The number of H-pyrrole nitrogens is 1. The predicted octanol–water partition coefficient (Wildman–Crippen LogP) is -2.16. The van der Waals surface area contributed by atoms with Gasteiger partial charge >= 0.3 is 5.69 Å². The molecule has 0 aliphatic carbocycles. The number of fused-ring (bicyclic) bond motifs is 1. The number of halogens is 1. The molecule has 118 valence electrons. The van der Waals surface area contributed by atoms with E-state index in [2.05, 4.69) is 9.97 Å². The van der Waals surface area contributed by atoms with Crippen LogP contribution in [-0.2, 0) is 4.74 Å². The van der Waals surface area contributed by atoms with Crippen LogP contribution in [0.25, 0.3) is 11.0 Å². The van der Waals surface area contributed by atoms with Gasteiger partial charge < -0.3 is 25.0 Å². The summed E-state index contributed by atoms with van der Waals surface area (Å²) in [5.41, 5.74) is -1.95. The summed E-state index contributed by atoms with van der Waals surface area (Å²) in [4.78, 5) is 29.6. The average Bonchev–Trinajstić information content (AvgIpc) is 2.79. The molecule has 0 spiro atoms. The standard InChI is InChI=1S/C12H12FN3O6/c13-5-1-14-10-4(7(5)18)2-16(12(21)15-10)11-9(20)8(19)6(3-17)22-11/h1-2,6,8-9,11,17,19-20H,3H2,(H,14,15,21)/t6-,8?,9?,11-/m1/s1. The number of rotatable bonds is 2. The molecule has 0 amide bonds. The minimum absolute atomic E-state index is 0.112. The molecule has 4 N–H and O–H groups in total. The quantitative estimate of drug-likeness (QED) is 0.495. The molecule has 1 aliphatic heterocycles. The van der Waals surface area contributed by atoms with Gasteiger partial charge in [0.15, 0.2) is 12.0 Å². The molecule has 22 heavy (non-hydrogen) atoms. The van der Waals surface area contributed by atoms with E-state index in [1.807, 2.05) is 0 Å². The third kappa shape index (κ3) is 2.13. The molecule has 10 heteroatoms. The van der Waals surface area contributed by atoms with Crippen molar-refractivity contribution in [1.29, 1.82) is 0 Å². The Morgan fingerprint density at radius 2 is 2.09 bits per heavy atom. The van der Waals surface area contributed by atoms with Crippen molar-refractivity contribution in [2.75, 3.05) is 6.61 Å². The van der Waals surface area contributed by atoms with Crippen LogP contribution in [0.15, 0.2) is 22.0 Å². The number of hydrogen-bond acceptors (Lipinski definition) is 7. The Labute approximate surface area is 121 Å². The molecule has 0 aromatic carbocycles. The van der Waals surface area contributed by atoms with Crippen molar-refractivity contribution in [1.82, 2.24) is 14.5 Å². The van der Waals surface area contributed by atoms with E-state index >= 15 is 0 Å². The molecule has 0 radical (unpaired) electrons. The van der Waals surface area contributed by atoms with Gasteiger partial charge in [-0.2, -0.15) is 4.98 Å². The molecular formula is C12H12FN3O6. The fraction of sp³-hybridized carbons (Fsp3) is 0.417. The first-order chi connectivity index (χ1) is 10.4. The van der Waals surface area contributed by atoms with E-state index in [9.17, 15) is 24.2 Å². The monoisotopic (exact) mass is 313 g/mol. The maximum atomic E-state index is 13.3. The Morgan fingerprint density at radius 1 is 1.36 bits per heavy atom. The number of nitrogens with zero attached hydrogens (tertiary/aromatic N) is 2. The van der Waals surface area contributed by atoms with Crippen molar-refractivity contribution in [3.05, 3.63) is 38.9 Å². The summed E-state index contributed by atoms with van der Waals surface area (Å²) in [6, 6.07) is 0. The molecule has 0 bridgehead atoms. The molecule has 3 heterocycles. The summed E-state index contributed by atoms with van der Waals surface area (Å²) in [7, 11) is 0. The van der Waals surface area contributed by atoms with Crippen LogP contribution in [0.1, 0.15) is 6.23 Å². The SMILES string of the molecule is O=c1c(F)c[nH]c2nc(=O)n([C@@H]3O[C@H](CO)C(O)C3O)cc12. The summed E-state index contributed by atoms with van der Waals surface area (Å²) in [6.07, 6.45) is -3.58. The Balaban J connectivity index is 2.16. The first-order valence-corrected chi connectivity index (χ1v) is 6.36. The van der Waals surface area contributed by atoms with Crippen molar-refractivity contribution in [2.24, 2.45) is 0 Å². The lowest BCUT2D eigenvalue weighted by Gasteiger charge is -2.17. The Bertz CT molecular complexity index is 834. The number of nitrogens with one attached hydrogen (secondary N) is 1. The number of hydrogen-bond donors (Lipinski definition) is 4. The summed E-state index contributed by atoms with van der Waals surface area (Å²) < 4.78 is 19.3. The van der Waals surface area contributed by atoms with E-state index in [4.69, 9.17) is 9.84 Å². The van der Waals surface area contributed by atoms with Gasteiger partial charge in [-0.15, -0.1) is 0 Å². The second-order valence-electron chi connectivity index (χ2n) is 4.89. The zero-order chi connectivity index (χ0) is 16.0. The smallest absolute Gasteiger partial charge is 0.351 e. The van der Waals surface area contributed by atoms with Crippen LogP contribution in [0.4, 0.5) is 4.39 Å². The zero-order valence-corrected chi connectivity index (χ0v) is 11.0. The highest BCUT2D eigenvalue weighted by atomic mass is 19.1. The van der Waals surface area contributed by atoms with Crippen molar-refractivity contribution in [3.63, 3.8) is 0 Å². The van der Waals surface area contributed by atoms with Gasteiger partial charge in [0.1, 0.15) is 24.0 Å². The summed E-state index contributed by atoms with van der Waals surface area (Å²) in [5, 5.41) is 28.4. The van der Waals surface area contributed by atoms with E-state index in [-0.39, 0.29) is 11.0 Å². The average molecular weight is 313 g/mol. The highest BCUT2D eigenvalue weighted by Gasteiger charge is 2.43. The maximum Gasteiger partial charge on any atom is 0.351 e. The van der Waals surface area contributed by atoms with Crippen LogP contribution in [0.5, 0.6) is 0 Å². The minimum atomic E-state index is -1.51. The van der Waals surface area contributed by atoms with Crippen LogP contribution >= 0.6 is 0 Å². The molecule has 3 rings (SSSR count). The Kier molecular flexibility index (Phi) is 3.53. The number of aromatic nitrogens is 3. The molecular weight excluding hydrogens is 301 g/mol. The van der Waals surface area contributed by atoms with Gasteiger partial charge in [-0.1, -0.05) is 0 Å². The Morgan fingerprint density at radius 3 is 2.73 bits per heavy atom. The van der Waals surface area contributed by atoms with E-state index in [0.717, 1.165) is 17.0 Å². The maximum absolute atomic E-state index is 13.3. The van der Waals surface area contributed by atoms with Gasteiger partial charge in [-0.25, -0.2) is 9.18 Å². The second-order valence-corrected chi connectivity index (χ2v) is 4.89. The fourth-order valence-electron chi connectivity index (χ4n) is 2.36. The van der Waals surface area contributed by atoms with Crippen molar-refractivity contribution >= 4 is 11.0 Å². The van der Waals surface area contributed by atoms with Crippen LogP contribution in [-0.4, -0.2) is 54.8 Å². The third-order valence-electron chi connectivity index (χ3n) is 3.54. The summed E-state index contributed by atoms with van der Waals surface area (Å²) in [5.74, 6) is -1.05. The molecule has 9 nitrogen and oxygen atoms in total. The van der Waals surface area contributed by atoms with Gasteiger partial charge in [-0.05, 0) is 0 Å². The van der Waals surface area contributed by atoms with Crippen LogP contribution in [0.3, 0.4) is 0 Å². The van der Waals surface area contributed by atoms with E-state index in [1.165, 1.54) is 0 Å². The van der Waals surface area contributed by atoms with Crippen LogP contribution in [0, 0.1) is 5.82 Å². The summed E-state index contributed by atoms with van der Waals surface area (Å²) in [6.45, 7) is -0.570. The lowest BCUT2D eigenvalue weighted by Crippen LogP contribution is -2.36. The lowest BCUT2D eigenvalue weighted by molar-refractivity contribution is -0.0547. The number of pyridine rings is 1. The van der Waals surface area contributed by atoms with E-state index in [1.54, 1.807) is 0 Å². The first kappa shape index (κ1) is 14.8. The van der Waals surface area contributed by atoms with E-state index in [0.29, 0.717) is 0 Å². The number of ether oxygens (including phenoxy) is 1. The molecule has 2 aromatic rings. The largest absolute Gasteiger partial charge is 0.394 e. The molecule has 1 aliphatic rings. The zero-order valence-electron chi connectivity index (χ0n) is 11.0. The van der Waals surface area contributed by atoms with Gasteiger partial charge in [0.05, 0.1) is 12.0 Å². The van der Waals surface area contributed by atoms with Crippen LogP contribution < -0.4 is 11.1 Å². The molecule has 4 atom stereocenters. The number of aromatic amines is 1.